The van der Waals surface area contributed by atoms with Crippen molar-refractivity contribution in [3.05, 3.63) is 23.3 Å². The van der Waals surface area contributed by atoms with Crippen molar-refractivity contribution in [2.45, 2.75) is 53.4 Å². The first-order valence-corrected chi connectivity index (χ1v) is 7.33. The standard InChI is InChI=1S/C14H19NO2.C2H6/c1-3-5-6-11-7-12-13(8-10(11)4-2)17-9-14(16)15-12;1-2/h7-8H,3-6,9H2,1-2H3,(H,15,16);1-2H3. The summed E-state index contributed by atoms with van der Waals surface area (Å²) in [5, 5.41) is 2.86. The van der Waals surface area contributed by atoms with Gasteiger partial charge in [-0.25, -0.2) is 0 Å². The molecule has 1 N–H and O–H groups in total. The van der Waals surface area contributed by atoms with E-state index in [0.717, 1.165) is 24.3 Å². The number of fused-ring (bicyclic) bond motifs is 1. The third-order valence-electron chi connectivity index (χ3n) is 3.12. The number of carbonyl (C=O) groups excluding carboxylic acids is 1. The fraction of sp³-hybridized carbons (Fsp3) is 0.562. The van der Waals surface area contributed by atoms with Crippen molar-refractivity contribution in [3.63, 3.8) is 0 Å². The normalized spacial score (nSPS) is 12.7. The molecule has 1 aliphatic rings. The summed E-state index contributed by atoms with van der Waals surface area (Å²) in [7, 11) is 0. The molecule has 0 bridgehead atoms. The molecule has 0 spiro atoms. The lowest BCUT2D eigenvalue weighted by Crippen LogP contribution is -2.25. The number of nitrogens with one attached hydrogen (secondary N) is 1. The van der Waals surface area contributed by atoms with Gasteiger partial charge in [-0.05, 0) is 42.5 Å². The van der Waals surface area contributed by atoms with Crippen LogP contribution in [0.4, 0.5) is 5.69 Å². The number of ether oxygens (including phenoxy) is 1. The lowest BCUT2D eigenvalue weighted by Gasteiger charge is -2.20. The van der Waals surface area contributed by atoms with E-state index in [1.165, 1.54) is 24.0 Å². The first-order chi connectivity index (χ1) is 9.24. The molecule has 3 heteroatoms. The van der Waals surface area contributed by atoms with E-state index in [-0.39, 0.29) is 12.5 Å². The number of carbonyl (C=O) groups is 1. The highest BCUT2D eigenvalue weighted by Gasteiger charge is 2.17. The molecule has 0 saturated carbocycles. The van der Waals surface area contributed by atoms with Gasteiger partial charge in [0.1, 0.15) is 5.75 Å². The number of unbranched alkanes of at least 4 members (excludes halogenated alkanes) is 1. The summed E-state index contributed by atoms with van der Waals surface area (Å²) in [5.41, 5.74) is 3.48. The van der Waals surface area contributed by atoms with Gasteiger partial charge in [0.2, 0.25) is 0 Å². The van der Waals surface area contributed by atoms with E-state index in [9.17, 15) is 4.79 Å². The maximum absolute atomic E-state index is 11.3. The maximum Gasteiger partial charge on any atom is 0.262 e. The largest absolute Gasteiger partial charge is 0.482 e. The summed E-state index contributed by atoms with van der Waals surface area (Å²) < 4.78 is 5.43. The molecule has 0 unspecified atom stereocenters. The Morgan fingerprint density at radius 3 is 2.58 bits per heavy atom. The van der Waals surface area contributed by atoms with Crippen molar-refractivity contribution in [1.29, 1.82) is 0 Å². The van der Waals surface area contributed by atoms with Crippen LogP contribution in [0.25, 0.3) is 0 Å². The highest BCUT2D eigenvalue weighted by molar-refractivity contribution is 5.95. The van der Waals surface area contributed by atoms with Gasteiger partial charge in [-0.15, -0.1) is 0 Å². The topological polar surface area (TPSA) is 38.3 Å². The lowest BCUT2D eigenvalue weighted by molar-refractivity contribution is -0.118. The van der Waals surface area contributed by atoms with Crippen molar-refractivity contribution in [2.24, 2.45) is 0 Å². The Labute approximate surface area is 116 Å². The fourth-order valence-electron chi connectivity index (χ4n) is 2.14. The summed E-state index contributed by atoms with van der Waals surface area (Å²) in [4.78, 5) is 11.3. The Balaban J connectivity index is 0.000000861. The van der Waals surface area contributed by atoms with Crippen LogP contribution >= 0.6 is 0 Å². The summed E-state index contributed by atoms with van der Waals surface area (Å²) in [5.74, 6) is 0.741. The minimum atomic E-state index is -0.0665. The second-order valence-electron chi connectivity index (χ2n) is 4.41. The van der Waals surface area contributed by atoms with Gasteiger partial charge < -0.3 is 10.1 Å². The third-order valence-corrected chi connectivity index (χ3v) is 3.12. The molecule has 0 atom stereocenters. The van der Waals surface area contributed by atoms with Gasteiger partial charge >= 0.3 is 0 Å². The highest BCUT2D eigenvalue weighted by Crippen LogP contribution is 2.32. The molecule has 1 heterocycles. The van der Waals surface area contributed by atoms with Gasteiger partial charge in [0.15, 0.2) is 6.61 Å². The van der Waals surface area contributed by atoms with Crippen LogP contribution in [0.3, 0.4) is 0 Å². The average Bonchev–Trinajstić information content (AvgIpc) is 2.46. The third kappa shape index (κ3) is 3.98. The molecule has 2 rings (SSSR count). The SMILES string of the molecule is CC.CCCCc1cc2c(cc1CC)OCC(=O)N2. The highest BCUT2D eigenvalue weighted by atomic mass is 16.5. The van der Waals surface area contributed by atoms with Gasteiger partial charge in [-0.3, -0.25) is 4.79 Å². The Kier molecular flexibility index (Phi) is 6.40. The number of hydrogen-bond acceptors (Lipinski definition) is 2. The van der Waals surface area contributed by atoms with Gasteiger partial charge in [0, 0.05) is 0 Å². The van der Waals surface area contributed by atoms with E-state index in [2.05, 4.69) is 31.3 Å². The molecule has 0 fully saturated rings. The minimum Gasteiger partial charge on any atom is -0.482 e. The molecule has 0 aliphatic carbocycles. The molecular formula is C16H25NO2. The monoisotopic (exact) mass is 263 g/mol. The first-order valence-electron chi connectivity index (χ1n) is 7.33. The van der Waals surface area contributed by atoms with Crippen molar-refractivity contribution < 1.29 is 9.53 Å². The second kappa shape index (κ2) is 7.82. The van der Waals surface area contributed by atoms with E-state index in [4.69, 9.17) is 4.74 Å². The Morgan fingerprint density at radius 1 is 1.21 bits per heavy atom. The molecule has 3 nitrogen and oxygen atoms in total. The average molecular weight is 263 g/mol. The zero-order chi connectivity index (χ0) is 14.3. The molecule has 1 aliphatic heterocycles. The van der Waals surface area contributed by atoms with E-state index in [1.54, 1.807) is 0 Å². The van der Waals surface area contributed by atoms with E-state index >= 15 is 0 Å². The number of amides is 1. The number of benzene rings is 1. The smallest absolute Gasteiger partial charge is 0.262 e. The van der Waals surface area contributed by atoms with Crippen LogP contribution in [0.15, 0.2) is 12.1 Å². The van der Waals surface area contributed by atoms with Gasteiger partial charge in [-0.1, -0.05) is 34.1 Å². The zero-order valence-corrected chi connectivity index (χ0v) is 12.5. The number of rotatable bonds is 4. The van der Waals surface area contributed by atoms with E-state index in [0.29, 0.717) is 0 Å². The summed E-state index contributed by atoms with van der Waals surface area (Å²) in [6.45, 7) is 8.47. The first kappa shape index (κ1) is 15.5. The number of hydrogen-bond donors (Lipinski definition) is 1. The van der Waals surface area contributed by atoms with Crippen molar-refractivity contribution in [3.8, 4) is 5.75 Å². The van der Waals surface area contributed by atoms with Crippen molar-refractivity contribution in [1.82, 2.24) is 0 Å². The molecule has 19 heavy (non-hydrogen) atoms. The Morgan fingerprint density at radius 2 is 1.95 bits per heavy atom. The molecule has 0 radical (unpaired) electrons. The van der Waals surface area contributed by atoms with Crippen molar-refractivity contribution in [2.75, 3.05) is 11.9 Å². The summed E-state index contributed by atoms with van der Waals surface area (Å²) in [6.07, 6.45) is 4.44. The quantitative estimate of drug-likeness (QED) is 0.893. The molecule has 1 amide bonds. The van der Waals surface area contributed by atoms with Crippen LogP contribution in [0.2, 0.25) is 0 Å². The Hall–Kier alpha value is -1.51. The minimum absolute atomic E-state index is 0.0665. The van der Waals surface area contributed by atoms with Crippen molar-refractivity contribution >= 4 is 11.6 Å². The summed E-state index contributed by atoms with van der Waals surface area (Å²) in [6, 6.07) is 4.14. The molecule has 0 saturated heterocycles. The predicted octanol–water partition coefficient (Wildman–Crippen LogP) is 3.95. The summed E-state index contributed by atoms with van der Waals surface area (Å²) >= 11 is 0. The van der Waals surface area contributed by atoms with Gasteiger partial charge in [0.25, 0.3) is 5.91 Å². The number of aryl methyl sites for hydroxylation is 2. The van der Waals surface area contributed by atoms with Gasteiger partial charge in [0.05, 0.1) is 5.69 Å². The lowest BCUT2D eigenvalue weighted by atomic mass is 9.98. The molecule has 1 aromatic carbocycles. The van der Waals surface area contributed by atoms with Crippen LogP contribution in [-0.2, 0) is 17.6 Å². The zero-order valence-electron chi connectivity index (χ0n) is 12.5. The fourth-order valence-corrected chi connectivity index (χ4v) is 2.14. The molecule has 0 aromatic heterocycles. The molecule has 1 aromatic rings. The van der Waals surface area contributed by atoms with Crippen LogP contribution in [-0.4, -0.2) is 12.5 Å². The van der Waals surface area contributed by atoms with E-state index < -0.39 is 0 Å². The Bertz CT molecular complexity index is 427. The van der Waals surface area contributed by atoms with Crippen LogP contribution in [0.1, 0.15) is 51.7 Å². The molecular weight excluding hydrogens is 238 g/mol. The second-order valence-corrected chi connectivity index (χ2v) is 4.41. The van der Waals surface area contributed by atoms with Crippen LogP contribution in [0, 0.1) is 0 Å². The predicted molar refractivity (Wildman–Crippen MR) is 79.9 cm³/mol. The van der Waals surface area contributed by atoms with Gasteiger partial charge in [-0.2, -0.15) is 0 Å². The number of anilines is 1. The molecule has 106 valence electrons. The maximum atomic E-state index is 11.3. The van der Waals surface area contributed by atoms with E-state index in [1.807, 2.05) is 13.8 Å². The van der Waals surface area contributed by atoms with Crippen LogP contribution < -0.4 is 10.1 Å². The van der Waals surface area contributed by atoms with Crippen LogP contribution in [0.5, 0.6) is 5.75 Å².